The first kappa shape index (κ1) is 19.9. The summed E-state index contributed by atoms with van der Waals surface area (Å²) in [5.41, 5.74) is 3.33. The number of piperazine rings is 1. The molecule has 0 aromatic heterocycles. The number of rotatable bonds is 6. The van der Waals surface area contributed by atoms with E-state index >= 15 is 0 Å². The van der Waals surface area contributed by atoms with Crippen molar-refractivity contribution >= 4 is 5.91 Å². The lowest BCUT2D eigenvalue weighted by atomic mass is 10.0. The lowest BCUT2D eigenvalue weighted by Crippen LogP contribution is -2.49. The Kier molecular flexibility index (Phi) is 6.67. The first-order valence-corrected chi connectivity index (χ1v) is 9.72. The number of carbonyl (C=O) groups excluding carboxylic acids is 1. The predicted octanol–water partition coefficient (Wildman–Crippen LogP) is 3.35. The van der Waals surface area contributed by atoms with Crippen molar-refractivity contribution in [2.24, 2.45) is 0 Å². The molecule has 5 nitrogen and oxygen atoms in total. The summed E-state index contributed by atoms with van der Waals surface area (Å²) in [6.45, 7) is 4.83. The minimum atomic E-state index is -0.252. The van der Waals surface area contributed by atoms with Gasteiger partial charge in [0, 0.05) is 32.6 Å². The number of nitrogens with zero attached hydrogens (tertiary/aromatic N) is 3. The van der Waals surface area contributed by atoms with E-state index in [0.29, 0.717) is 19.5 Å². The largest absolute Gasteiger partial charge is 0.497 e. The van der Waals surface area contributed by atoms with E-state index < -0.39 is 0 Å². The zero-order valence-electron chi connectivity index (χ0n) is 16.6. The number of hydrogen-bond acceptors (Lipinski definition) is 4. The van der Waals surface area contributed by atoms with Crippen LogP contribution in [0.4, 0.5) is 0 Å². The van der Waals surface area contributed by atoms with Crippen LogP contribution < -0.4 is 4.74 Å². The lowest BCUT2D eigenvalue weighted by molar-refractivity contribution is -0.133. The summed E-state index contributed by atoms with van der Waals surface area (Å²) in [5, 5.41) is 9.70. The Labute approximate surface area is 167 Å². The third kappa shape index (κ3) is 4.71. The van der Waals surface area contributed by atoms with E-state index in [2.05, 4.69) is 11.0 Å². The van der Waals surface area contributed by atoms with Gasteiger partial charge in [0.1, 0.15) is 11.8 Å². The molecular weight excluding hydrogens is 350 g/mol. The first-order chi connectivity index (χ1) is 13.6. The fraction of sp³-hybridized carbons (Fsp3) is 0.391. The Morgan fingerprint density at radius 2 is 1.79 bits per heavy atom. The Morgan fingerprint density at radius 3 is 2.39 bits per heavy atom. The number of aryl methyl sites for hydroxylation is 2. The molecule has 1 fully saturated rings. The topological polar surface area (TPSA) is 56.6 Å². The summed E-state index contributed by atoms with van der Waals surface area (Å²) in [5.74, 6) is 1.01. The number of methoxy groups -OCH3 is 1. The number of carbonyl (C=O) groups is 1. The highest BCUT2D eigenvalue weighted by atomic mass is 16.5. The van der Waals surface area contributed by atoms with Gasteiger partial charge in [-0.15, -0.1) is 0 Å². The van der Waals surface area contributed by atoms with Crippen molar-refractivity contribution in [1.29, 1.82) is 5.26 Å². The summed E-state index contributed by atoms with van der Waals surface area (Å²) in [6, 6.07) is 18.1. The van der Waals surface area contributed by atoms with Gasteiger partial charge in [-0.1, -0.05) is 36.4 Å². The summed E-state index contributed by atoms with van der Waals surface area (Å²) in [6.07, 6.45) is 1.23. The van der Waals surface area contributed by atoms with Gasteiger partial charge in [-0.05, 0) is 42.2 Å². The Balaban J connectivity index is 1.52. The molecule has 1 aliphatic rings. The van der Waals surface area contributed by atoms with Crippen LogP contribution in [0.3, 0.4) is 0 Å². The van der Waals surface area contributed by atoms with Crippen LogP contribution in [-0.4, -0.2) is 49.0 Å². The fourth-order valence-electron chi connectivity index (χ4n) is 3.67. The molecule has 1 saturated heterocycles. The summed E-state index contributed by atoms with van der Waals surface area (Å²) < 4.78 is 5.17. The maximum absolute atomic E-state index is 12.6. The van der Waals surface area contributed by atoms with Gasteiger partial charge in [0.15, 0.2) is 0 Å². The van der Waals surface area contributed by atoms with Crippen LogP contribution in [0.1, 0.15) is 29.2 Å². The monoisotopic (exact) mass is 377 g/mol. The quantitative estimate of drug-likeness (QED) is 0.775. The van der Waals surface area contributed by atoms with Gasteiger partial charge in [0.2, 0.25) is 5.91 Å². The average Bonchev–Trinajstić information content (AvgIpc) is 2.74. The molecule has 1 amide bonds. The number of nitriles is 1. The van der Waals surface area contributed by atoms with Gasteiger partial charge < -0.3 is 9.64 Å². The number of hydrogen-bond donors (Lipinski definition) is 0. The molecule has 0 radical (unpaired) electrons. The van der Waals surface area contributed by atoms with Crippen LogP contribution in [0.25, 0.3) is 0 Å². The Hall–Kier alpha value is -2.84. The van der Waals surface area contributed by atoms with Crippen LogP contribution in [0.15, 0.2) is 48.5 Å². The second kappa shape index (κ2) is 9.38. The molecule has 0 spiro atoms. The van der Waals surface area contributed by atoms with Crippen LogP contribution in [0, 0.1) is 18.3 Å². The maximum atomic E-state index is 12.6. The average molecular weight is 377 g/mol. The first-order valence-electron chi connectivity index (χ1n) is 9.72. The molecule has 1 unspecified atom stereocenters. The molecule has 3 rings (SSSR count). The molecular formula is C23H27N3O2. The summed E-state index contributed by atoms with van der Waals surface area (Å²) in [4.78, 5) is 16.7. The van der Waals surface area contributed by atoms with E-state index in [-0.39, 0.29) is 11.9 Å². The van der Waals surface area contributed by atoms with Crippen molar-refractivity contribution < 1.29 is 9.53 Å². The number of amides is 1. The normalized spacial score (nSPS) is 15.7. The van der Waals surface area contributed by atoms with Gasteiger partial charge in [0.25, 0.3) is 0 Å². The molecule has 1 heterocycles. The second-order valence-electron chi connectivity index (χ2n) is 7.15. The third-order valence-corrected chi connectivity index (χ3v) is 5.42. The molecule has 28 heavy (non-hydrogen) atoms. The van der Waals surface area contributed by atoms with E-state index in [1.807, 2.05) is 60.4 Å². The number of benzene rings is 2. The van der Waals surface area contributed by atoms with Crippen LogP contribution in [0.2, 0.25) is 0 Å². The van der Waals surface area contributed by atoms with E-state index in [1.165, 1.54) is 0 Å². The molecule has 5 heteroatoms. The third-order valence-electron chi connectivity index (χ3n) is 5.42. The van der Waals surface area contributed by atoms with Gasteiger partial charge >= 0.3 is 0 Å². The Bertz CT molecular complexity index is 834. The number of ether oxygens (including phenoxy) is 1. The summed E-state index contributed by atoms with van der Waals surface area (Å²) >= 11 is 0. The lowest BCUT2D eigenvalue weighted by Gasteiger charge is -2.37. The predicted molar refractivity (Wildman–Crippen MR) is 109 cm³/mol. The van der Waals surface area contributed by atoms with E-state index in [4.69, 9.17) is 4.74 Å². The molecule has 1 atom stereocenters. The zero-order valence-corrected chi connectivity index (χ0v) is 16.6. The van der Waals surface area contributed by atoms with Crippen molar-refractivity contribution in [1.82, 2.24) is 9.80 Å². The molecule has 146 valence electrons. The van der Waals surface area contributed by atoms with Crippen LogP contribution in [0.5, 0.6) is 5.75 Å². The Morgan fingerprint density at radius 1 is 1.11 bits per heavy atom. The highest BCUT2D eigenvalue weighted by molar-refractivity contribution is 5.76. The molecule has 0 saturated carbocycles. The zero-order chi connectivity index (χ0) is 19.9. The highest BCUT2D eigenvalue weighted by Crippen LogP contribution is 2.24. The van der Waals surface area contributed by atoms with Crippen molar-refractivity contribution in [2.45, 2.75) is 25.8 Å². The van der Waals surface area contributed by atoms with Gasteiger partial charge in [-0.25, -0.2) is 0 Å². The van der Waals surface area contributed by atoms with Crippen molar-refractivity contribution in [3.8, 4) is 11.8 Å². The van der Waals surface area contributed by atoms with Gasteiger partial charge in [-0.3, -0.25) is 9.69 Å². The van der Waals surface area contributed by atoms with Crippen molar-refractivity contribution in [3.63, 3.8) is 0 Å². The van der Waals surface area contributed by atoms with Gasteiger partial charge in [0.05, 0.1) is 13.2 Å². The van der Waals surface area contributed by atoms with E-state index in [9.17, 15) is 10.1 Å². The minimum absolute atomic E-state index is 0.180. The van der Waals surface area contributed by atoms with E-state index in [1.54, 1.807) is 7.11 Å². The van der Waals surface area contributed by atoms with Crippen molar-refractivity contribution in [2.75, 3.05) is 33.3 Å². The molecule has 0 aliphatic carbocycles. The maximum Gasteiger partial charge on any atom is 0.222 e. The fourth-order valence-corrected chi connectivity index (χ4v) is 3.67. The molecule has 0 bridgehead atoms. The van der Waals surface area contributed by atoms with Crippen LogP contribution in [-0.2, 0) is 11.2 Å². The molecule has 2 aromatic rings. The SMILES string of the molecule is COc1ccc(CCC(=O)N2CCN(C(C#N)c3ccccc3C)CC2)cc1. The second-order valence-corrected chi connectivity index (χ2v) is 7.15. The van der Waals surface area contributed by atoms with Crippen LogP contribution >= 0.6 is 0 Å². The summed E-state index contributed by atoms with van der Waals surface area (Å²) in [7, 11) is 1.65. The van der Waals surface area contributed by atoms with Gasteiger partial charge in [-0.2, -0.15) is 5.26 Å². The molecule has 2 aromatic carbocycles. The molecule has 0 N–H and O–H groups in total. The highest BCUT2D eigenvalue weighted by Gasteiger charge is 2.27. The standard InChI is InChI=1S/C23H27N3O2/c1-18-5-3-4-6-21(18)22(17-24)25-13-15-26(16-14-25)23(27)12-9-19-7-10-20(28-2)11-8-19/h3-8,10-11,22H,9,12-16H2,1-2H3. The minimum Gasteiger partial charge on any atom is -0.497 e. The molecule has 1 aliphatic heterocycles. The van der Waals surface area contributed by atoms with Crippen molar-refractivity contribution in [3.05, 3.63) is 65.2 Å². The van der Waals surface area contributed by atoms with E-state index in [0.717, 1.165) is 42.0 Å². The smallest absolute Gasteiger partial charge is 0.222 e.